The molecule has 0 aliphatic rings. The van der Waals surface area contributed by atoms with Gasteiger partial charge in [0.25, 0.3) is 5.91 Å². The number of benzene rings is 1. The Morgan fingerprint density at radius 1 is 1.10 bits per heavy atom. The van der Waals surface area contributed by atoms with E-state index in [0.29, 0.717) is 5.69 Å². The molecule has 1 amide bonds. The number of carbonyl (C=O) groups excluding carboxylic acids is 1. The molecule has 4 rings (SSSR count). The van der Waals surface area contributed by atoms with E-state index in [-0.39, 0.29) is 28.2 Å². The van der Waals surface area contributed by atoms with Crippen molar-refractivity contribution >= 4 is 11.6 Å². The van der Waals surface area contributed by atoms with Crippen molar-refractivity contribution in [3.05, 3.63) is 60.7 Å². The summed E-state index contributed by atoms with van der Waals surface area (Å²) in [6.45, 7) is 0. The molecule has 0 radical (unpaired) electrons. The van der Waals surface area contributed by atoms with Crippen LogP contribution in [0.5, 0.6) is 5.75 Å². The summed E-state index contributed by atoms with van der Waals surface area (Å²) in [5.41, 5.74) is 6.35. The molecule has 4 aromatic rings. The van der Waals surface area contributed by atoms with Crippen LogP contribution < -0.4 is 10.5 Å². The van der Waals surface area contributed by atoms with E-state index in [9.17, 15) is 18.0 Å². The first-order valence-corrected chi connectivity index (χ1v) is 8.14. The van der Waals surface area contributed by atoms with Crippen LogP contribution in [0.15, 0.2) is 55.1 Å². The van der Waals surface area contributed by atoms with Gasteiger partial charge in [0.15, 0.2) is 5.65 Å². The van der Waals surface area contributed by atoms with Gasteiger partial charge in [-0.15, -0.1) is 13.2 Å². The van der Waals surface area contributed by atoms with E-state index in [0.717, 1.165) is 0 Å². The van der Waals surface area contributed by atoms with Crippen LogP contribution in [0.1, 0.15) is 10.4 Å². The molecular formula is C18H11F3N6O2. The summed E-state index contributed by atoms with van der Waals surface area (Å²) in [5, 5.41) is 4.27. The number of nitrogens with zero attached hydrogens (tertiary/aromatic N) is 5. The lowest BCUT2D eigenvalue weighted by atomic mass is 10.1. The second-order valence-electron chi connectivity index (χ2n) is 5.81. The number of amides is 1. The highest BCUT2D eigenvalue weighted by Gasteiger charge is 2.32. The molecule has 0 atom stereocenters. The average molecular weight is 400 g/mol. The van der Waals surface area contributed by atoms with E-state index in [4.69, 9.17) is 5.73 Å². The molecule has 0 saturated carbocycles. The van der Waals surface area contributed by atoms with Crippen LogP contribution in [-0.4, -0.2) is 36.8 Å². The minimum absolute atomic E-state index is 0.0141. The summed E-state index contributed by atoms with van der Waals surface area (Å²) in [7, 11) is 0. The number of alkyl halides is 3. The zero-order chi connectivity index (χ0) is 20.6. The minimum Gasteiger partial charge on any atom is -0.405 e. The van der Waals surface area contributed by atoms with Crippen LogP contribution in [-0.2, 0) is 0 Å². The van der Waals surface area contributed by atoms with E-state index in [2.05, 4.69) is 24.8 Å². The zero-order valence-corrected chi connectivity index (χ0v) is 14.5. The number of fused-ring (bicyclic) bond motifs is 1. The molecule has 0 aliphatic heterocycles. The summed E-state index contributed by atoms with van der Waals surface area (Å²) in [6, 6.07) is 8.54. The standard InChI is InChI=1S/C18H11F3N6O2/c19-18(20,21)29-13-4-2-1-3-10(13)11-6-8-27-17(25-11)14(16(22)28)15(26-27)12-5-7-23-9-24-12/h1-9H,(H2,22,28). The molecule has 0 spiro atoms. The summed E-state index contributed by atoms with van der Waals surface area (Å²) >= 11 is 0. The van der Waals surface area contributed by atoms with Crippen LogP contribution in [0.4, 0.5) is 13.2 Å². The summed E-state index contributed by atoms with van der Waals surface area (Å²) < 4.78 is 43.5. The van der Waals surface area contributed by atoms with Gasteiger partial charge in [-0.2, -0.15) is 5.10 Å². The van der Waals surface area contributed by atoms with E-state index >= 15 is 0 Å². The van der Waals surface area contributed by atoms with E-state index in [1.165, 1.54) is 47.5 Å². The average Bonchev–Trinajstić information content (AvgIpc) is 3.07. The first kappa shape index (κ1) is 18.3. The Labute approximate surface area is 160 Å². The maximum Gasteiger partial charge on any atom is 0.573 e. The van der Waals surface area contributed by atoms with Crippen molar-refractivity contribution in [3.63, 3.8) is 0 Å². The SMILES string of the molecule is NC(=O)c1c(-c2ccncn2)nn2ccc(-c3ccccc3OC(F)(F)F)nc12. The molecule has 0 aliphatic carbocycles. The van der Waals surface area contributed by atoms with Gasteiger partial charge < -0.3 is 10.5 Å². The highest BCUT2D eigenvalue weighted by atomic mass is 19.4. The second kappa shape index (κ2) is 6.86. The van der Waals surface area contributed by atoms with Gasteiger partial charge in [0, 0.05) is 18.0 Å². The largest absolute Gasteiger partial charge is 0.573 e. The highest BCUT2D eigenvalue weighted by Crippen LogP contribution is 2.33. The van der Waals surface area contributed by atoms with Gasteiger partial charge >= 0.3 is 6.36 Å². The van der Waals surface area contributed by atoms with Crippen molar-refractivity contribution in [1.82, 2.24) is 24.6 Å². The number of halogens is 3. The van der Waals surface area contributed by atoms with Gasteiger partial charge in [-0.1, -0.05) is 12.1 Å². The van der Waals surface area contributed by atoms with Gasteiger partial charge in [0.1, 0.15) is 23.3 Å². The third kappa shape index (κ3) is 3.57. The number of nitrogens with two attached hydrogens (primary N) is 1. The molecule has 3 aromatic heterocycles. The van der Waals surface area contributed by atoms with Crippen LogP contribution in [0.3, 0.4) is 0 Å². The third-order valence-corrected chi connectivity index (χ3v) is 3.94. The molecule has 0 unspecified atom stereocenters. The molecule has 1 aromatic carbocycles. The second-order valence-corrected chi connectivity index (χ2v) is 5.81. The predicted molar refractivity (Wildman–Crippen MR) is 94.6 cm³/mol. The summed E-state index contributed by atoms with van der Waals surface area (Å²) in [5.74, 6) is -1.23. The van der Waals surface area contributed by atoms with Crippen molar-refractivity contribution in [2.24, 2.45) is 5.73 Å². The Kier molecular flexibility index (Phi) is 4.34. The van der Waals surface area contributed by atoms with Gasteiger partial charge in [0.05, 0.1) is 11.4 Å². The smallest absolute Gasteiger partial charge is 0.405 e. The molecule has 29 heavy (non-hydrogen) atoms. The maximum atomic E-state index is 12.7. The van der Waals surface area contributed by atoms with Crippen molar-refractivity contribution in [3.8, 4) is 28.4 Å². The van der Waals surface area contributed by atoms with Crippen LogP contribution in [0, 0.1) is 0 Å². The quantitative estimate of drug-likeness (QED) is 0.564. The van der Waals surface area contributed by atoms with Crippen LogP contribution >= 0.6 is 0 Å². The van der Waals surface area contributed by atoms with E-state index in [1.54, 1.807) is 12.1 Å². The Balaban J connectivity index is 1.90. The first-order valence-electron chi connectivity index (χ1n) is 8.14. The lowest BCUT2D eigenvalue weighted by Crippen LogP contribution is -2.17. The fraction of sp³-hybridized carbons (Fsp3) is 0.0556. The Morgan fingerprint density at radius 3 is 2.59 bits per heavy atom. The Hall–Kier alpha value is -4.02. The number of rotatable bonds is 4. The molecule has 2 N–H and O–H groups in total. The first-order chi connectivity index (χ1) is 13.8. The van der Waals surface area contributed by atoms with Crippen molar-refractivity contribution < 1.29 is 22.7 Å². The minimum atomic E-state index is -4.87. The molecule has 0 saturated heterocycles. The topological polar surface area (TPSA) is 108 Å². The number of carbonyl (C=O) groups is 1. The van der Waals surface area contributed by atoms with Crippen molar-refractivity contribution in [1.29, 1.82) is 0 Å². The van der Waals surface area contributed by atoms with Gasteiger partial charge in [-0.3, -0.25) is 4.79 Å². The maximum absolute atomic E-state index is 12.7. The van der Waals surface area contributed by atoms with E-state index < -0.39 is 18.0 Å². The van der Waals surface area contributed by atoms with Crippen LogP contribution in [0.2, 0.25) is 0 Å². The normalized spacial score (nSPS) is 11.6. The van der Waals surface area contributed by atoms with Gasteiger partial charge in [-0.25, -0.2) is 19.5 Å². The Morgan fingerprint density at radius 2 is 1.90 bits per heavy atom. The number of hydrogen-bond donors (Lipinski definition) is 1. The number of para-hydroxylation sites is 1. The molecule has 11 heteroatoms. The van der Waals surface area contributed by atoms with Crippen molar-refractivity contribution in [2.75, 3.05) is 0 Å². The summed E-state index contributed by atoms with van der Waals surface area (Å²) in [4.78, 5) is 24.3. The predicted octanol–water partition coefficient (Wildman–Crippen LogP) is 2.85. The van der Waals surface area contributed by atoms with Crippen LogP contribution in [0.25, 0.3) is 28.3 Å². The zero-order valence-electron chi connectivity index (χ0n) is 14.5. The molecule has 0 bridgehead atoms. The molecular weight excluding hydrogens is 389 g/mol. The van der Waals surface area contributed by atoms with E-state index in [1.807, 2.05) is 0 Å². The third-order valence-electron chi connectivity index (χ3n) is 3.94. The summed E-state index contributed by atoms with van der Waals surface area (Å²) in [6.07, 6.45) is -0.650. The molecule has 146 valence electrons. The number of aromatic nitrogens is 5. The Bertz CT molecular complexity index is 1210. The van der Waals surface area contributed by atoms with Gasteiger partial charge in [0.2, 0.25) is 0 Å². The van der Waals surface area contributed by atoms with Gasteiger partial charge in [-0.05, 0) is 24.3 Å². The lowest BCUT2D eigenvalue weighted by molar-refractivity contribution is -0.274. The number of hydrogen-bond acceptors (Lipinski definition) is 6. The fourth-order valence-electron chi connectivity index (χ4n) is 2.81. The molecule has 3 heterocycles. The lowest BCUT2D eigenvalue weighted by Gasteiger charge is -2.12. The fourth-order valence-corrected chi connectivity index (χ4v) is 2.81. The monoisotopic (exact) mass is 400 g/mol. The molecule has 0 fully saturated rings. The molecule has 8 nitrogen and oxygen atoms in total. The number of primary amides is 1. The highest BCUT2D eigenvalue weighted by molar-refractivity contribution is 6.04. The van der Waals surface area contributed by atoms with Crippen molar-refractivity contribution in [2.45, 2.75) is 6.36 Å². The number of ether oxygens (including phenoxy) is 1.